The number of benzene rings is 1. The second kappa shape index (κ2) is 8.17. The molecule has 0 radical (unpaired) electrons. The third-order valence-corrected chi connectivity index (χ3v) is 4.67. The molecule has 0 aromatic heterocycles. The van der Waals surface area contributed by atoms with E-state index in [1.807, 2.05) is 0 Å². The van der Waals surface area contributed by atoms with Crippen LogP contribution < -0.4 is 10.6 Å². The molecule has 2 N–H and O–H groups in total. The van der Waals surface area contributed by atoms with Gasteiger partial charge in [-0.1, -0.05) is 0 Å². The number of hydrogen-bond acceptors (Lipinski definition) is 6. The van der Waals surface area contributed by atoms with E-state index in [0.717, 1.165) is 25.9 Å². The van der Waals surface area contributed by atoms with Crippen molar-refractivity contribution < 1.29 is 19.2 Å². The lowest BCUT2D eigenvalue weighted by Crippen LogP contribution is -2.48. The van der Waals surface area contributed by atoms with Crippen molar-refractivity contribution >= 4 is 17.7 Å². The Kier molecular flexibility index (Phi) is 5.70. The Bertz CT molecular complexity index is 768. The summed E-state index contributed by atoms with van der Waals surface area (Å²) in [4.78, 5) is 37.4. The van der Waals surface area contributed by atoms with Crippen LogP contribution in [-0.4, -0.2) is 48.1 Å². The lowest BCUT2D eigenvalue weighted by Gasteiger charge is -2.31. The summed E-state index contributed by atoms with van der Waals surface area (Å²) in [6, 6.07) is 4.65. The van der Waals surface area contributed by atoms with Crippen LogP contribution in [0.1, 0.15) is 31.4 Å². The molecule has 0 unspecified atom stereocenters. The quantitative estimate of drug-likeness (QED) is 0.446. The molecule has 0 saturated carbocycles. The van der Waals surface area contributed by atoms with Gasteiger partial charge in [0.25, 0.3) is 5.69 Å². The van der Waals surface area contributed by atoms with E-state index in [9.17, 15) is 19.7 Å². The molecule has 0 spiro atoms. The van der Waals surface area contributed by atoms with Crippen LogP contribution in [0.5, 0.6) is 0 Å². The molecule has 1 aromatic rings. The minimum absolute atomic E-state index is 0.0574. The predicted molar refractivity (Wildman–Crippen MR) is 96.8 cm³/mol. The number of non-ortho nitro benzene ring substituents is 1. The highest BCUT2D eigenvalue weighted by Crippen LogP contribution is 2.29. The molecule has 3 rings (SSSR count). The third-order valence-electron chi connectivity index (χ3n) is 4.67. The monoisotopic (exact) mass is 374 g/mol. The van der Waals surface area contributed by atoms with Crippen LogP contribution >= 0.6 is 0 Å². The van der Waals surface area contributed by atoms with Crippen LogP contribution in [0, 0.1) is 10.1 Å². The standard InChI is InChI=1S/C18H22N4O5/c1-2-27-17(23)15-14(11-21-9-3-4-10-21)19-18(24)20-16(15)12-5-7-13(8-6-12)22(25)26/h5-8,16H,2-4,9-11H2,1H3,(H2,19,20,24)/t16-/m0/s1. The summed E-state index contributed by atoms with van der Waals surface area (Å²) in [5.74, 6) is -0.512. The van der Waals surface area contributed by atoms with E-state index in [1.54, 1.807) is 19.1 Å². The van der Waals surface area contributed by atoms with Gasteiger partial charge in [0.15, 0.2) is 0 Å². The van der Waals surface area contributed by atoms with Gasteiger partial charge in [0.1, 0.15) is 0 Å². The molecule has 1 saturated heterocycles. The highest BCUT2D eigenvalue weighted by atomic mass is 16.6. The number of carbonyl (C=O) groups excluding carboxylic acids is 2. The zero-order valence-electron chi connectivity index (χ0n) is 15.1. The number of hydrogen-bond donors (Lipinski definition) is 2. The normalized spacial score (nSPS) is 20.2. The molecule has 27 heavy (non-hydrogen) atoms. The summed E-state index contributed by atoms with van der Waals surface area (Å²) in [5, 5.41) is 16.3. The first-order valence-corrected chi connectivity index (χ1v) is 8.94. The van der Waals surface area contributed by atoms with Crippen molar-refractivity contribution in [1.82, 2.24) is 15.5 Å². The molecule has 144 valence electrons. The fourth-order valence-corrected chi connectivity index (χ4v) is 3.40. The number of urea groups is 1. The fraction of sp³-hybridized carbons (Fsp3) is 0.444. The van der Waals surface area contributed by atoms with Crippen molar-refractivity contribution in [3.8, 4) is 0 Å². The van der Waals surface area contributed by atoms with Gasteiger partial charge >= 0.3 is 12.0 Å². The Balaban J connectivity index is 1.98. The van der Waals surface area contributed by atoms with Crippen LogP contribution in [0.2, 0.25) is 0 Å². The molecule has 1 aromatic carbocycles. The van der Waals surface area contributed by atoms with Gasteiger partial charge in [-0.2, -0.15) is 0 Å². The molecule has 0 aliphatic carbocycles. The summed E-state index contributed by atoms with van der Waals surface area (Å²) < 4.78 is 5.21. The van der Waals surface area contributed by atoms with Crippen molar-refractivity contribution in [1.29, 1.82) is 0 Å². The molecule has 1 fully saturated rings. The second-order valence-electron chi connectivity index (χ2n) is 6.48. The Labute approximate surface area is 156 Å². The number of nitrogens with one attached hydrogen (secondary N) is 2. The maximum absolute atomic E-state index is 12.6. The number of rotatable bonds is 6. The number of likely N-dealkylation sites (tertiary alicyclic amines) is 1. The van der Waals surface area contributed by atoms with E-state index in [4.69, 9.17) is 4.74 Å². The van der Waals surface area contributed by atoms with Gasteiger partial charge in [-0.15, -0.1) is 0 Å². The third kappa shape index (κ3) is 4.25. The van der Waals surface area contributed by atoms with Crippen molar-refractivity contribution in [2.45, 2.75) is 25.8 Å². The number of amides is 2. The van der Waals surface area contributed by atoms with Gasteiger partial charge in [-0.25, -0.2) is 9.59 Å². The molecule has 2 aliphatic heterocycles. The number of ether oxygens (including phenoxy) is 1. The van der Waals surface area contributed by atoms with E-state index in [2.05, 4.69) is 15.5 Å². The van der Waals surface area contributed by atoms with Crippen LogP contribution in [0.25, 0.3) is 0 Å². The SMILES string of the molecule is CCOC(=O)C1=C(CN2CCCC2)NC(=O)N[C@H]1c1ccc([N+](=O)[O-])cc1. The number of esters is 1. The summed E-state index contributed by atoms with van der Waals surface area (Å²) in [5.41, 5.74) is 1.37. The Morgan fingerprint density at radius 3 is 2.56 bits per heavy atom. The summed E-state index contributed by atoms with van der Waals surface area (Å²) >= 11 is 0. The van der Waals surface area contributed by atoms with Crippen molar-refractivity contribution in [2.24, 2.45) is 0 Å². The van der Waals surface area contributed by atoms with Crippen LogP contribution in [0.3, 0.4) is 0 Å². The zero-order chi connectivity index (χ0) is 19.4. The van der Waals surface area contributed by atoms with Gasteiger partial charge in [-0.3, -0.25) is 15.0 Å². The molecule has 1 atom stereocenters. The predicted octanol–water partition coefficient (Wildman–Crippen LogP) is 1.86. The fourth-order valence-electron chi connectivity index (χ4n) is 3.40. The van der Waals surface area contributed by atoms with E-state index >= 15 is 0 Å². The first-order valence-electron chi connectivity index (χ1n) is 8.94. The molecule has 2 aliphatic rings. The van der Waals surface area contributed by atoms with E-state index in [1.165, 1.54) is 12.1 Å². The summed E-state index contributed by atoms with van der Waals surface area (Å²) in [7, 11) is 0. The van der Waals surface area contributed by atoms with Crippen molar-refractivity contribution in [3.05, 3.63) is 51.2 Å². The summed E-state index contributed by atoms with van der Waals surface area (Å²) in [6.07, 6.45) is 2.17. The van der Waals surface area contributed by atoms with Gasteiger partial charge in [-0.05, 0) is 50.6 Å². The molecular formula is C18H22N4O5. The van der Waals surface area contributed by atoms with Crippen molar-refractivity contribution in [3.63, 3.8) is 0 Å². The number of nitrogens with zero attached hydrogens (tertiary/aromatic N) is 2. The molecular weight excluding hydrogens is 352 g/mol. The number of nitro groups is 1. The highest BCUT2D eigenvalue weighted by molar-refractivity contribution is 5.95. The molecule has 2 heterocycles. The second-order valence-corrected chi connectivity index (χ2v) is 6.48. The lowest BCUT2D eigenvalue weighted by atomic mass is 9.94. The van der Waals surface area contributed by atoms with Gasteiger partial charge in [0.2, 0.25) is 0 Å². The van der Waals surface area contributed by atoms with Gasteiger partial charge < -0.3 is 15.4 Å². The molecule has 0 bridgehead atoms. The number of nitro benzene ring substituents is 1. The van der Waals surface area contributed by atoms with Crippen LogP contribution in [-0.2, 0) is 9.53 Å². The maximum Gasteiger partial charge on any atom is 0.338 e. The number of carbonyl (C=O) groups is 2. The Hall–Kier alpha value is -2.94. The van der Waals surface area contributed by atoms with Gasteiger partial charge in [0, 0.05) is 24.4 Å². The smallest absolute Gasteiger partial charge is 0.338 e. The van der Waals surface area contributed by atoms with E-state index in [-0.39, 0.29) is 12.3 Å². The highest BCUT2D eigenvalue weighted by Gasteiger charge is 2.34. The molecule has 2 amide bonds. The largest absolute Gasteiger partial charge is 0.463 e. The Morgan fingerprint density at radius 2 is 1.96 bits per heavy atom. The maximum atomic E-state index is 12.6. The topological polar surface area (TPSA) is 114 Å². The minimum Gasteiger partial charge on any atom is -0.463 e. The van der Waals surface area contributed by atoms with Crippen LogP contribution in [0.15, 0.2) is 35.5 Å². The first-order chi connectivity index (χ1) is 13.0. The molecule has 9 nitrogen and oxygen atoms in total. The average molecular weight is 374 g/mol. The lowest BCUT2D eigenvalue weighted by molar-refractivity contribution is -0.384. The van der Waals surface area contributed by atoms with E-state index < -0.39 is 23.0 Å². The molecule has 9 heteroatoms. The first kappa shape index (κ1) is 18.8. The minimum atomic E-state index is -0.726. The van der Waals surface area contributed by atoms with E-state index in [0.29, 0.717) is 23.4 Å². The zero-order valence-corrected chi connectivity index (χ0v) is 15.1. The summed E-state index contributed by atoms with van der Waals surface area (Å²) in [6.45, 7) is 4.19. The van der Waals surface area contributed by atoms with Crippen LogP contribution in [0.4, 0.5) is 10.5 Å². The Morgan fingerprint density at radius 1 is 1.30 bits per heavy atom. The van der Waals surface area contributed by atoms with Gasteiger partial charge in [0.05, 0.1) is 23.1 Å². The average Bonchev–Trinajstić information content (AvgIpc) is 3.14. The van der Waals surface area contributed by atoms with Crippen molar-refractivity contribution in [2.75, 3.05) is 26.2 Å².